The number of H-pyrrole nitrogens is 1. The van der Waals surface area contributed by atoms with Gasteiger partial charge in [0.2, 0.25) is 0 Å². The molecule has 0 aliphatic carbocycles. The smallest absolute Gasteiger partial charge is 0.264 e. The Labute approximate surface area is 115 Å². The maximum absolute atomic E-state index is 11.8. The molecule has 0 aliphatic rings. The van der Waals surface area contributed by atoms with Gasteiger partial charge in [-0.3, -0.25) is 4.79 Å². The molecule has 0 radical (unpaired) electrons. The number of halogens is 1. The van der Waals surface area contributed by atoms with Gasteiger partial charge in [0.1, 0.15) is 11.4 Å². The molecule has 5 heteroatoms. The first-order valence-electron chi connectivity index (χ1n) is 5.85. The highest BCUT2D eigenvalue weighted by molar-refractivity contribution is 14.1. The Balaban J connectivity index is 3.22. The fraction of sp³-hybridized carbons (Fsp3) is 0.667. The van der Waals surface area contributed by atoms with Gasteiger partial charge >= 0.3 is 0 Å². The van der Waals surface area contributed by atoms with Crippen molar-refractivity contribution < 1.29 is 4.74 Å². The van der Waals surface area contributed by atoms with Crippen molar-refractivity contribution in [3.63, 3.8) is 0 Å². The third kappa shape index (κ3) is 3.51. The molecular formula is C12H19IN2O2. The molecule has 17 heavy (non-hydrogen) atoms. The molecule has 1 aromatic rings. The van der Waals surface area contributed by atoms with Crippen LogP contribution in [0.3, 0.4) is 0 Å². The van der Waals surface area contributed by atoms with Crippen molar-refractivity contribution in [1.82, 2.24) is 9.97 Å². The third-order valence-corrected chi connectivity index (χ3v) is 3.61. The summed E-state index contributed by atoms with van der Waals surface area (Å²) in [5, 5.41) is 0. The predicted octanol–water partition coefficient (Wildman–Crippen LogP) is 2.60. The van der Waals surface area contributed by atoms with E-state index in [0.717, 1.165) is 18.5 Å². The number of aryl methyl sites for hydroxylation is 1. The van der Waals surface area contributed by atoms with Crippen LogP contribution >= 0.6 is 22.6 Å². The van der Waals surface area contributed by atoms with Crippen LogP contribution in [0.4, 0.5) is 0 Å². The van der Waals surface area contributed by atoms with E-state index in [-0.39, 0.29) is 5.56 Å². The molecule has 0 fully saturated rings. The van der Waals surface area contributed by atoms with Gasteiger partial charge in [0.05, 0.1) is 9.26 Å². The van der Waals surface area contributed by atoms with E-state index >= 15 is 0 Å². The van der Waals surface area contributed by atoms with Gasteiger partial charge in [-0.2, -0.15) is 0 Å². The van der Waals surface area contributed by atoms with Crippen LogP contribution in [0.1, 0.15) is 45.6 Å². The topological polar surface area (TPSA) is 55.0 Å². The van der Waals surface area contributed by atoms with Crippen molar-refractivity contribution in [2.75, 3.05) is 6.61 Å². The first-order valence-corrected chi connectivity index (χ1v) is 6.93. The fourth-order valence-corrected chi connectivity index (χ4v) is 2.15. The maximum Gasteiger partial charge on any atom is 0.264 e. The van der Waals surface area contributed by atoms with Gasteiger partial charge in [-0.25, -0.2) is 4.98 Å². The lowest BCUT2D eigenvalue weighted by Gasteiger charge is -2.24. The van der Waals surface area contributed by atoms with E-state index in [9.17, 15) is 4.79 Å². The molecule has 1 rings (SSSR count). The molecule has 0 saturated carbocycles. The minimum absolute atomic E-state index is 0.0770. The van der Waals surface area contributed by atoms with Gasteiger partial charge in [0.25, 0.3) is 5.56 Å². The molecular weight excluding hydrogens is 331 g/mol. The molecule has 0 aliphatic heterocycles. The van der Waals surface area contributed by atoms with E-state index in [1.165, 1.54) is 0 Å². The summed E-state index contributed by atoms with van der Waals surface area (Å²) in [5.41, 5.74) is 0.229. The Morgan fingerprint density at radius 3 is 2.59 bits per heavy atom. The van der Waals surface area contributed by atoms with E-state index in [2.05, 4.69) is 16.9 Å². The number of nitrogens with zero attached hydrogens (tertiary/aromatic N) is 1. The molecule has 1 aromatic heterocycles. The number of hydrogen-bond acceptors (Lipinski definition) is 3. The summed E-state index contributed by atoms with van der Waals surface area (Å²) in [6.45, 7) is 8.42. The van der Waals surface area contributed by atoms with Gasteiger partial charge in [-0.15, -0.1) is 0 Å². The molecule has 0 spiro atoms. The second kappa shape index (κ2) is 5.95. The lowest BCUT2D eigenvalue weighted by atomic mass is 10.1. The second-order valence-corrected chi connectivity index (χ2v) is 5.45. The largest absolute Gasteiger partial charge is 0.368 e. The number of nitrogens with one attached hydrogen (secondary N) is 1. The van der Waals surface area contributed by atoms with Crippen LogP contribution in [0, 0.1) is 3.57 Å². The van der Waals surface area contributed by atoms with Crippen LogP contribution in [-0.2, 0) is 16.8 Å². The molecule has 0 unspecified atom stereocenters. The average Bonchev–Trinajstić information content (AvgIpc) is 2.24. The van der Waals surface area contributed by atoms with E-state index in [4.69, 9.17) is 4.74 Å². The maximum atomic E-state index is 11.8. The molecule has 1 N–H and O–H groups in total. The fourth-order valence-electron chi connectivity index (χ4n) is 1.62. The SMILES string of the molecule is CCCc1nc(C(C)(C)OCC)[nH]c(=O)c1I. The number of aromatic nitrogens is 2. The van der Waals surface area contributed by atoms with E-state index in [1.807, 2.05) is 43.4 Å². The first-order chi connectivity index (χ1) is 7.92. The second-order valence-electron chi connectivity index (χ2n) is 4.37. The lowest BCUT2D eigenvalue weighted by molar-refractivity contribution is -0.0211. The lowest BCUT2D eigenvalue weighted by Crippen LogP contribution is -2.30. The van der Waals surface area contributed by atoms with E-state index in [1.54, 1.807) is 0 Å². The molecule has 4 nitrogen and oxygen atoms in total. The standard InChI is InChI=1S/C12H19IN2O2/c1-5-7-8-9(13)10(16)15-11(14-8)12(3,4)17-6-2/h5-7H2,1-4H3,(H,14,15,16). The Bertz CT molecular complexity index is 441. The summed E-state index contributed by atoms with van der Waals surface area (Å²) in [5.74, 6) is 0.605. The summed E-state index contributed by atoms with van der Waals surface area (Å²) >= 11 is 2.05. The third-order valence-electron chi connectivity index (χ3n) is 2.49. The Hall–Kier alpha value is -0.430. The summed E-state index contributed by atoms with van der Waals surface area (Å²) in [7, 11) is 0. The van der Waals surface area contributed by atoms with Gasteiger partial charge in [0, 0.05) is 6.61 Å². The number of rotatable bonds is 5. The number of ether oxygens (including phenoxy) is 1. The highest BCUT2D eigenvalue weighted by atomic mass is 127. The van der Waals surface area contributed by atoms with Crippen molar-refractivity contribution in [2.24, 2.45) is 0 Å². The molecule has 0 bridgehead atoms. The summed E-state index contributed by atoms with van der Waals surface area (Å²) in [6.07, 6.45) is 1.79. The molecule has 0 amide bonds. The van der Waals surface area contributed by atoms with Crippen molar-refractivity contribution in [2.45, 2.75) is 46.1 Å². The van der Waals surface area contributed by atoms with Crippen LogP contribution in [-0.4, -0.2) is 16.6 Å². The minimum Gasteiger partial charge on any atom is -0.368 e. The molecule has 0 aromatic carbocycles. The van der Waals surface area contributed by atoms with Crippen LogP contribution in [0.2, 0.25) is 0 Å². The van der Waals surface area contributed by atoms with Gasteiger partial charge < -0.3 is 9.72 Å². The average molecular weight is 350 g/mol. The minimum atomic E-state index is -0.555. The van der Waals surface area contributed by atoms with Crippen molar-refractivity contribution >= 4 is 22.6 Å². The zero-order valence-corrected chi connectivity index (χ0v) is 12.9. The van der Waals surface area contributed by atoms with E-state index < -0.39 is 5.60 Å². The zero-order valence-electron chi connectivity index (χ0n) is 10.8. The summed E-state index contributed by atoms with van der Waals surface area (Å²) < 4.78 is 6.29. The monoisotopic (exact) mass is 350 g/mol. The highest BCUT2D eigenvalue weighted by Crippen LogP contribution is 2.21. The van der Waals surface area contributed by atoms with Crippen molar-refractivity contribution in [3.8, 4) is 0 Å². The zero-order chi connectivity index (χ0) is 13.1. The number of aromatic amines is 1. The van der Waals surface area contributed by atoms with Crippen LogP contribution in [0.25, 0.3) is 0 Å². The predicted molar refractivity (Wildman–Crippen MR) is 76.2 cm³/mol. The quantitative estimate of drug-likeness (QED) is 0.831. The Kier molecular flexibility index (Phi) is 5.12. The van der Waals surface area contributed by atoms with Crippen molar-refractivity contribution in [3.05, 3.63) is 25.4 Å². The normalized spacial score (nSPS) is 11.8. The van der Waals surface area contributed by atoms with Crippen LogP contribution in [0.5, 0.6) is 0 Å². The molecule has 0 atom stereocenters. The van der Waals surface area contributed by atoms with Gasteiger partial charge in [-0.05, 0) is 49.8 Å². The Morgan fingerprint density at radius 1 is 1.41 bits per heavy atom. The van der Waals surface area contributed by atoms with Crippen molar-refractivity contribution in [1.29, 1.82) is 0 Å². The summed E-state index contributed by atoms with van der Waals surface area (Å²) in [4.78, 5) is 19.2. The van der Waals surface area contributed by atoms with Crippen LogP contribution in [0.15, 0.2) is 4.79 Å². The molecule has 1 heterocycles. The molecule has 0 saturated heterocycles. The van der Waals surface area contributed by atoms with E-state index in [0.29, 0.717) is 16.0 Å². The first kappa shape index (κ1) is 14.6. The summed E-state index contributed by atoms with van der Waals surface area (Å²) in [6, 6.07) is 0. The van der Waals surface area contributed by atoms with Gasteiger partial charge in [-0.1, -0.05) is 13.3 Å². The Morgan fingerprint density at radius 2 is 2.06 bits per heavy atom. The number of hydrogen-bond donors (Lipinski definition) is 1. The highest BCUT2D eigenvalue weighted by Gasteiger charge is 2.25. The van der Waals surface area contributed by atoms with Gasteiger partial charge in [0.15, 0.2) is 0 Å². The van der Waals surface area contributed by atoms with Crippen LogP contribution < -0.4 is 5.56 Å². The molecule has 96 valence electrons.